The van der Waals surface area contributed by atoms with Gasteiger partial charge < -0.3 is 19.1 Å². The molecule has 13 heteroatoms. The first-order valence-electron chi connectivity index (χ1n) is 12.3. The number of halogens is 3. The maximum Gasteiger partial charge on any atom is 0.433 e. The number of pyridine rings is 1. The van der Waals surface area contributed by atoms with Gasteiger partial charge in [-0.15, -0.1) is 0 Å². The van der Waals surface area contributed by atoms with Gasteiger partial charge in [0.15, 0.2) is 6.61 Å². The number of ether oxygens (including phenoxy) is 1. The molecular formula is C26H25F3N6O4. The summed E-state index contributed by atoms with van der Waals surface area (Å²) in [7, 11) is 1.61. The summed E-state index contributed by atoms with van der Waals surface area (Å²) in [4.78, 5) is 49.2. The Kier molecular flexibility index (Phi) is 6.74. The molecule has 2 aliphatic rings. The predicted molar refractivity (Wildman–Crippen MR) is 135 cm³/mol. The molecule has 39 heavy (non-hydrogen) atoms. The summed E-state index contributed by atoms with van der Waals surface area (Å²) in [5, 5.41) is 2.65. The molecule has 2 aromatic heterocycles. The van der Waals surface area contributed by atoms with E-state index in [1.54, 1.807) is 28.6 Å². The fourth-order valence-corrected chi connectivity index (χ4v) is 4.96. The van der Waals surface area contributed by atoms with Gasteiger partial charge >= 0.3 is 6.18 Å². The molecule has 204 valence electrons. The molecule has 5 rings (SSSR count). The lowest BCUT2D eigenvalue weighted by Gasteiger charge is -2.30. The van der Waals surface area contributed by atoms with Crippen LogP contribution in [0.5, 0.6) is 5.75 Å². The van der Waals surface area contributed by atoms with Gasteiger partial charge in [-0.1, -0.05) is 6.58 Å². The van der Waals surface area contributed by atoms with E-state index in [4.69, 9.17) is 4.74 Å². The Balaban J connectivity index is 1.64. The number of likely N-dealkylation sites (N-methyl/N-ethyl adjacent to an activating group) is 1. The lowest BCUT2D eigenvalue weighted by Crippen LogP contribution is -2.37. The number of aromatic nitrogens is 3. The summed E-state index contributed by atoms with van der Waals surface area (Å²) in [5.74, 6) is -0.833. The van der Waals surface area contributed by atoms with Crippen LogP contribution in [0.4, 0.5) is 24.8 Å². The van der Waals surface area contributed by atoms with Crippen molar-refractivity contribution >= 4 is 40.4 Å². The number of rotatable bonds is 4. The Morgan fingerprint density at radius 1 is 1.23 bits per heavy atom. The van der Waals surface area contributed by atoms with E-state index < -0.39 is 17.8 Å². The molecule has 1 aromatic carbocycles. The second-order valence-electron chi connectivity index (χ2n) is 9.35. The van der Waals surface area contributed by atoms with Gasteiger partial charge in [0.1, 0.15) is 17.1 Å². The number of nitrogens with one attached hydrogen (secondary N) is 1. The van der Waals surface area contributed by atoms with Crippen LogP contribution in [0.15, 0.2) is 43.1 Å². The topological polar surface area (TPSA) is 110 Å². The van der Waals surface area contributed by atoms with Crippen LogP contribution in [-0.2, 0) is 15.8 Å². The van der Waals surface area contributed by atoms with Crippen LogP contribution in [0.3, 0.4) is 0 Å². The number of likely N-dealkylation sites (tertiary alicyclic amines) is 1. The Morgan fingerprint density at radius 2 is 2.03 bits per heavy atom. The first-order chi connectivity index (χ1) is 18.6. The summed E-state index contributed by atoms with van der Waals surface area (Å²) in [6, 6.07) is 4.82. The molecule has 0 saturated carbocycles. The van der Waals surface area contributed by atoms with Crippen LogP contribution in [0.2, 0.25) is 0 Å². The molecule has 0 bridgehead atoms. The van der Waals surface area contributed by atoms with Crippen molar-refractivity contribution in [3.8, 4) is 5.75 Å². The Bertz CT molecular complexity index is 1480. The largest absolute Gasteiger partial charge is 0.481 e. The van der Waals surface area contributed by atoms with Crippen LogP contribution in [0.25, 0.3) is 11.0 Å². The molecule has 1 atom stereocenters. The van der Waals surface area contributed by atoms with E-state index in [0.717, 1.165) is 19.0 Å². The lowest BCUT2D eigenvalue weighted by molar-refractivity contribution is -0.141. The zero-order valence-electron chi connectivity index (χ0n) is 21.0. The predicted octanol–water partition coefficient (Wildman–Crippen LogP) is 3.80. The number of hydrogen-bond donors (Lipinski definition) is 1. The van der Waals surface area contributed by atoms with E-state index in [0.29, 0.717) is 41.5 Å². The third kappa shape index (κ3) is 4.91. The van der Waals surface area contributed by atoms with Gasteiger partial charge in [-0.25, -0.2) is 4.98 Å². The normalized spacial score (nSPS) is 17.8. The average molecular weight is 543 g/mol. The molecule has 1 saturated heterocycles. The number of imidazole rings is 1. The Hall–Kier alpha value is -4.42. The molecule has 0 aliphatic carbocycles. The van der Waals surface area contributed by atoms with Gasteiger partial charge in [-0.3, -0.25) is 24.7 Å². The molecule has 1 unspecified atom stereocenters. The standard InChI is InChI=1S/C26H25F3N6O4/c1-3-20(36)34-11-5-4-6-16(13-34)35-22-17(7-8-18-23(22)33(2)21(37)14-39-18)31-25(35)32-24(38)15-9-10-30-19(12-15)26(27,28)29/h3,7-10,12,16H,1,4-6,11,13-14H2,2H3,(H,31,32,38). The maximum absolute atomic E-state index is 13.2. The van der Waals surface area contributed by atoms with Crippen LogP contribution in [0.1, 0.15) is 41.4 Å². The highest BCUT2D eigenvalue weighted by atomic mass is 19.4. The van der Waals surface area contributed by atoms with Crippen molar-refractivity contribution in [2.75, 3.05) is 37.0 Å². The minimum Gasteiger partial charge on any atom is -0.481 e. The van der Waals surface area contributed by atoms with Gasteiger partial charge in [0, 0.05) is 31.9 Å². The van der Waals surface area contributed by atoms with Gasteiger partial charge in [0.25, 0.3) is 11.8 Å². The fourth-order valence-electron chi connectivity index (χ4n) is 4.96. The zero-order valence-corrected chi connectivity index (χ0v) is 21.0. The summed E-state index contributed by atoms with van der Waals surface area (Å²) in [5.41, 5.74) is -0.0613. The lowest BCUT2D eigenvalue weighted by atomic mass is 10.1. The number of anilines is 2. The minimum atomic E-state index is -4.72. The molecule has 3 amide bonds. The SMILES string of the molecule is C=CC(=O)N1CCCCC(n2c(NC(=O)c3ccnc(C(F)(F)F)c3)nc3ccc4c(c32)N(C)C(=O)CO4)C1. The zero-order chi connectivity index (χ0) is 27.9. The molecular weight excluding hydrogens is 517 g/mol. The van der Waals surface area contributed by atoms with Crippen LogP contribution < -0.4 is 15.0 Å². The summed E-state index contributed by atoms with van der Waals surface area (Å²) >= 11 is 0. The van der Waals surface area contributed by atoms with Crippen molar-refractivity contribution in [3.05, 3.63) is 54.4 Å². The van der Waals surface area contributed by atoms with Crippen molar-refractivity contribution in [2.45, 2.75) is 31.5 Å². The monoisotopic (exact) mass is 542 g/mol. The highest BCUT2D eigenvalue weighted by Gasteiger charge is 2.34. The second-order valence-corrected chi connectivity index (χ2v) is 9.35. The number of benzene rings is 1. The molecule has 4 heterocycles. The number of carbonyl (C=O) groups excluding carboxylic acids is 3. The molecule has 10 nitrogen and oxygen atoms in total. The molecule has 1 N–H and O–H groups in total. The summed E-state index contributed by atoms with van der Waals surface area (Å²) in [6.07, 6.45) is -0.439. The van der Waals surface area contributed by atoms with Crippen LogP contribution >= 0.6 is 0 Å². The number of nitrogens with zero attached hydrogens (tertiary/aromatic N) is 5. The molecule has 0 radical (unpaired) electrons. The maximum atomic E-state index is 13.2. The van der Waals surface area contributed by atoms with Crippen molar-refractivity contribution in [2.24, 2.45) is 0 Å². The Labute approximate surface area is 221 Å². The fraction of sp³-hybridized carbons (Fsp3) is 0.346. The van der Waals surface area contributed by atoms with Crippen molar-refractivity contribution < 1.29 is 32.3 Å². The highest BCUT2D eigenvalue weighted by Crippen LogP contribution is 2.42. The highest BCUT2D eigenvalue weighted by molar-refractivity contribution is 6.08. The first kappa shape index (κ1) is 26.2. The van der Waals surface area contributed by atoms with Gasteiger partial charge in [0.05, 0.1) is 17.1 Å². The third-order valence-electron chi connectivity index (χ3n) is 6.88. The number of alkyl halides is 3. The van der Waals surface area contributed by atoms with Crippen LogP contribution in [0, 0.1) is 0 Å². The van der Waals surface area contributed by atoms with Crippen molar-refractivity contribution in [1.82, 2.24) is 19.4 Å². The molecule has 1 fully saturated rings. The molecule has 2 aliphatic heterocycles. The van der Waals surface area contributed by atoms with E-state index in [1.807, 2.05) is 0 Å². The Morgan fingerprint density at radius 3 is 2.77 bits per heavy atom. The number of carbonyl (C=O) groups is 3. The third-order valence-corrected chi connectivity index (χ3v) is 6.88. The van der Waals surface area contributed by atoms with Gasteiger partial charge in [-0.2, -0.15) is 13.2 Å². The molecule has 0 spiro atoms. The minimum absolute atomic E-state index is 0.0677. The van der Waals surface area contributed by atoms with E-state index in [2.05, 4.69) is 21.9 Å². The second kappa shape index (κ2) is 10.0. The van der Waals surface area contributed by atoms with Crippen molar-refractivity contribution in [1.29, 1.82) is 0 Å². The van der Waals surface area contributed by atoms with Crippen LogP contribution in [-0.4, -0.2) is 63.9 Å². The average Bonchev–Trinajstić information content (AvgIpc) is 3.10. The number of hydrogen-bond acceptors (Lipinski definition) is 6. The van der Waals surface area contributed by atoms with E-state index >= 15 is 0 Å². The first-order valence-corrected chi connectivity index (χ1v) is 12.3. The summed E-state index contributed by atoms with van der Waals surface area (Å²) < 4.78 is 47.0. The number of fused-ring (bicyclic) bond motifs is 3. The smallest absolute Gasteiger partial charge is 0.433 e. The quantitative estimate of drug-likeness (QED) is 0.503. The van der Waals surface area contributed by atoms with Crippen molar-refractivity contribution in [3.63, 3.8) is 0 Å². The van der Waals surface area contributed by atoms with E-state index in [-0.39, 0.29) is 42.5 Å². The summed E-state index contributed by atoms with van der Waals surface area (Å²) in [6.45, 7) is 4.24. The van der Waals surface area contributed by atoms with E-state index in [1.165, 1.54) is 17.0 Å². The number of amides is 3. The van der Waals surface area contributed by atoms with Gasteiger partial charge in [-0.05, 0) is 49.6 Å². The van der Waals surface area contributed by atoms with Gasteiger partial charge in [0.2, 0.25) is 11.9 Å². The van der Waals surface area contributed by atoms with E-state index in [9.17, 15) is 27.6 Å². The molecule has 3 aromatic rings.